The van der Waals surface area contributed by atoms with Gasteiger partial charge < -0.3 is 11.1 Å². The second-order valence-electron chi connectivity index (χ2n) is 5.05. The van der Waals surface area contributed by atoms with Gasteiger partial charge in [-0.3, -0.25) is 4.79 Å². The summed E-state index contributed by atoms with van der Waals surface area (Å²) >= 11 is 3.40. The molecule has 0 aromatic heterocycles. The van der Waals surface area contributed by atoms with Crippen LogP contribution in [0.3, 0.4) is 0 Å². The number of carbonyl (C=O) groups is 1. The molecule has 0 radical (unpaired) electrons. The molecule has 0 heterocycles. The summed E-state index contributed by atoms with van der Waals surface area (Å²) in [5.74, 6) is 0.000949. The average Bonchev–Trinajstić information content (AvgIpc) is 2.11. The van der Waals surface area contributed by atoms with Gasteiger partial charge in [-0.25, -0.2) is 0 Å². The van der Waals surface area contributed by atoms with Gasteiger partial charge in [-0.2, -0.15) is 0 Å². The van der Waals surface area contributed by atoms with E-state index in [0.29, 0.717) is 12.8 Å². The Bertz CT molecular complexity index is 390. The van der Waals surface area contributed by atoms with Crippen LogP contribution in [0.15, 0.2) is 22.7 Å². The molecule has 0 aliphatic heterocycles. The lowest BCUT2D eigenvalue weighted by atomic mass is 10.00. The minimum atomic E-state index is -0.301. The Morgan fingerprint density at radius 2 is 2.06 bits per heavy atom. The molecule has 0 bridgehead atoms. The molecule has 0 atom stereocenters. The van der Waals surface area contributed by atoms with Gasteiger partial charge in [-0.1, -0.05) is 15.9 Å². The fourth-order valence-corrected chi connectivity index (χ4v) is 2.08. The number of hydrogen-bond donors (Lipinski definition) is 2. The number of halogens is 1. The average molecular weight is 299 g/mol. The van der Waals surface area contributed by atoms with E-state index in [2.05, 4.69) is 21.2 Å². The molecule has 94 valence electrons. The molecule has 4 heteroatoms. The number of nitrogens with two attached hydrogens (primary N) is 1. The summed E-state index contributed by atoms with van der Waals surface area (Å²) in [5.41, 5.74) is 7.46. The van der Waals surface area contributed by atoms with Crippen LogP contribution >= 0.6 is 15.9 Å². The Labute approximate surface area is 111 Å². The molecule has 0 fully saturated rings. The second-order valence-corrected chi connectivity index (χ2v) is 5.97. The van der Waals surface area contributed by atoms with Gasteiger partial charge in [-0.05, 0) is 51.0 Å². The molecule has 3 N–H and O–H groups in total. The molecule has 0 saturated carbocycles. The summed E-state index contributed by atoms with van der Waals surface area (Å²) in [6.07, 6.45) is 1.11. The highest BCUT2D eigenvalue weighted by Gasteiger charge is 2.13. The summed E-state index contributed by atoms with van der Waals surface area (Å²) in [7, 11) is 0. The molecule has 1 aromatic carbocycles. The van der Waals surface area contributed by atoms with Gasteiger partial charge in [0.2, 0.25) is 5.91 Å². The monoisotopic (exact) mass is 298 g/mol. The van der Waals surface area contributed by atoms with Crippen LogP contribution in [0.25, 0.3) is 0 Å². The van der Waals surface area contributed by atoms with Crippen LogP contribution in [-0.4, -0.2) is 11.4 Å². The van der Waals surface area contributed by atoms with Crippen molar-refractivity contribution in [3.63, 3.8) is 0 Å². The van der Waals surface area contributed by atoms with Crippen LogP contribution in [-0.2, 0) is 4.79 Å². The Hall–Kier alpha value is -0.870. The Kier molecular flexibility index (Phi) is 4.71. The molecule has 1 amide bonds. The first-order valence-corrected chi connectivity index (χ1v) is 6.41. The Morgan fingerprint density at radius 1 is 1.41 bits per heavy atom. The van der Waals surface area contributed by atoms with E-state index >= 15 is 0 Å². The summed E-state index contributed by atoms with van der Waals surface area (Å²) in [6.45, 7) is 5.83. The molecule has 0 spiro atoms. The van der Waals surface area contributed by atoms with Gasteiger partial charge in [0, 0.05) is 22.1 Å². The summed E-state index contributed by atoms with van der Waals surface area (Å²) < 4.78 is 0.965. The predicted molar refractivity (Wildman–Crippen MR) is 75.0 cm³/mol. The van der Waals surface area contributed by atoms with Gasteiger partial charge in [0.25, 0.3) is 0 Å². The number of aryl methyl sites for hydroxylation is 1. The SMILES string of the molecule is Cc1cc(Br)cc(NC(=O)CCC(C)(C)N)c1. The van der Waals surface area contributed by atoms with Gasteiger partial charge in [0.05, 0.1) is 0 Å². The van der Waals surface area contributed by atoms with Crippen molar-refractivity contribution in [3.8, 4) is 0 Å². The largest absolute Gasteiger partial charge is 0.326 e. The maximum atomic E-state index is 11.7. The van der Waals surface area contributed by atoms with E-state index in [1.54, 1.807) is 0 Å². The van der Waals surface area contributed by atoms with Crippen molar-refractivity contribution in [3.05, 3.63) is 28.2 Å². The van der Waals surface area contributed by atoms with E-state index in [0.717, 1.165) is 15.7 Å². The molecular weight excluding hydrogens is 280 g/mol. The number of carbonyl (C=O) groups excluding carboxylic acids is 1. The third-order valence-electron chi connectivity index (χ3n) is 2.32. The molecule has 0 saturated heterocycles. The summed E-state index contributed by atoms with van der Waals surface area (Å²) in [6, 6.07) is 5.83. The van der Waals surface area contributed by atoms with E-state index in [-0.39, 0.29) is 11.4 Å². The van der Waals surface area contributed by atoms with Crippen LogP contribution in [0.1, 0.15) is 32.3 Å². The minimum absolute atomic E-state index is 0.000949. The smallest absolute Gasteiger partial charge is 0.224 e. The third-order valence-corrected chi connectivity index (χ3v) is 2.78. The van der Waals surface area contributed by atoms with E-state index in [1.807, 2.05) is 39.0 Å². The van der Waals surface area contributed by atoms with Crippen molar-refractivity contribution in [2.75, 3.05) is 5.32 Å². The molecule has 3 nitrogen and oxygen atoms in total. The molecule has 1 aromatic rings. The number of amides is 1. The maximum Gasteiger partial charge on any atom is 0.224 e. The lowest BCUT2D eigenvalue weighted by Crippen LogP contribution is -2.33. The first-order valence-electron chi connectivity index (χ1n) is 5.62. The molecular formula is C13H19BrN2O. The first kappa shape index (κ1) is 14.2. The highest BCUT2D eigenvalue weighted by molar-refractivity contribution is 9.10. The summed E-state index contributed by atoms with van der Waals surface area (Å²) in [5, 5.41) is 2.87. The standard InChI is InChI=1S/C13H19BrN2O/c1-9-6-10(14)8-11(7-9)16-12(17)4-5-13(2,3)15/h6-8H,4-5,15H2,1-3H3,(H,16,17). The molecule has 17 heavy (non-hydrogen) atoms. The van der Waals surface area contributed by atoms with Gasteiger partial charge in [0.1, 0.15) is 0 Å². The quantitative estimate of drug-likeness (QED) is 0.897. The van der Waals surface area contributed by atoms with Crippen molar-refractivity contribution in [1.82, 2.24) is 0 Å². The van der Waals surface area contributed by atoms with Gasteiger partial charge in [-0.15, -0.1) is 0 Å². The van der Waals surface area contributed by atoms with E-state index < -0.39 is 0 Å². The predicted octanol–water partition coefficient (Wildman–Crippen LogP) is 3.21. The topological polar surface area (TPSA) is 55.1 Å². The number of rotatable bonds is 4. The second kappa shape index (κ2) is 5.65. The molecule has 1 rings (SSSR count). The minimum Gasteiger partial charge on any atom is -0.326 e. The zero-order valence-electron chi connectivity index (χ0n) is 10.5. The lowest BCUT2D eigenvalue weighted by molar-refractivity contribution is -0.116. The van der Waals surface area contributed by atoms with E-state index in [4.69, 9.17) is 5.73 Å². The van der Waals surface area contributed by atoms with Crippen LogP contribution in [0, 0.1) is 6.92 Å². The fraction of sp³-hybridized carbons (Fsp3) is 0.462. The zero-order chi connectivity index (χ0) is 13.1. The van der Waals surface area contributed by atoms with Crippen molar-refractivity contribution >= 4 is 27.5 Å². The van der Waals surface area contributed by atoms with Crippen LogP contribution < -0.4 is 11.1 Å². The third kappa shape index (κ3) is 5.84. The van der Waals surface area contributed by atoms with Crippen LogP contribution in [0.5, 0.6) is 0 Å². The van der Waals surface area contributed by atoms with Crippen LogP contribution in [0.4, 0.5) is 5.69 Å². The van der Waals surface area contributed by atoms with Crippen molar-refractivity contribution in [2.45, 2.75) is 39.2 Å². The number of hydrogen-bond acceptors (Lipinski definition) is 2. The lowest BCUT2D eigenvalue weighted by Gasteiger charge is -2.17. The van der Waals surface area contributed by atoms with E-state index in [1.165, 1.54) is 0 Å². The molecule has 0 aliphatic carbocycles. The fourth-order valence-electron chi connectivity index (χ4n) is 1.47. The maximum absolute atomic E-state index is 11.7. The Morgan fingerprint density at radius 3 is 2.59 bits per heavy atom. The summed E-state index contributed by atoms with van der Waals surface area (Å²) in [4.78, 5) is 11.7. The van der Waals surface area contributed by atoms with Crippen molar-refractivity contribution in [2.24, 2.45) is 5.73 Å². The highest BCUT2D eigenvalue weighted by Crippen LogP contribution is 2.19. The first-order chi connectivity index (χ1) is 7.76. The van der Waals surface area contributed by atoms with Gasteiger partial charge in [0.15, 0.2) is 0 Å². The molecule has 0 aliphatic rings. The Balaban J connectivity index is 2.56. The number of benzene rings is 1. The highest BCUT2D eigenvalue weighted by atomic mass is 79.9. The van der Waals surface area contributed by atoms with Crippen LogP contribution in [0.2, 0.25) is 0 Å². The molecule has 0 unspecified atom stereocenters. The van der Waals surface area contributed by atoms with Gasteiger partial charge >= 0.3 is 0 Å². The van der Waals surface area contributed by atoms with Crippen molar-refractivity contribution in [1.29, 1.82) is 0 Å². The number of nitrogens with one attached hydrogen (secondary N) is 1. The zero-order valence-corrected chi connectivity index (χ0v) is 12.1. The number of anilines is 1. The van der Waals surface area contributed by atoms with Crippen molar-refractivity contribution < 1.29 is 4.79 Å². The normalized spacial score (nSPS) is 11.4. The van der Waals surface area contributed by atoms with E-state index in [9.17, 15) is 4.79 Å².